The molecule has 4 aliphatic rings. The second-order valence-corrected chi connectivity index (χ2v) is 11.5. The molecule has 2 heterocycles. The summed E-state index contributed by atoms with van der Waals surface area (Å²) >= 11 is 17.0. The maximum Gasteiger partial charge on any atom is 0.573 e. The van der Waals surface area contributed by atoms with E-state index in [4.69, 9.17) is 23.2 Å². The Balaban J connectivity index is 1.73. The molecule has 6 atom stereocenters. The summed E-state index contributed by atoms with van der Waals surface area (Å²) in [4.78, 5) is 62.3. The van der Waals surface area contributed by atoms with E-state index in [1.54, 1.807) is 0 Å². The highest BCUT2D eigenvalue weighted by Crippen LogP contribution is 2.66. The third-order valence-electron chi connectivity index (χ3n) is 7.92. The summed E-state index contributed by atoms with van der Waals surface area (Å²) in [6, 6.07) is 2.56. The van der Waals surface area contributed by atoms with Crippen molar-refractivity contribution in [3.63, 3.8) is 0 Å². The van der Waals surface area contributed by atoms with Gasteiger partial charge < -0.3 is 14.6 Å². The van der Waals surface area contributed by atoms with Gasteiger partial charge in [0.05, 0.1) is 24.4 Å². The Hall–Kier alpha value is -2.84. The fourth-order valence-corrected chi connectivity index (χ4v) is 7.75. The van der Waals surface area contributed by atoms with E-state index >= 15 is 0 Å². The number of halogens is 6. The number of aromatic hydroxyl groups is 1. The number of rotatable bonds is 3. The number of methoxy groups -OCH3 is 1. The molecule has 0 bridgehead atoms. The van der Waals surface area contributed by atoms with E-state index in [9.17, 15) is 42.3 Å². The minimum Gasteiger partial charge on any atom is -0.508 e. The average Bonchev–Trinajstić information content (AvgIpc) is 3.22. The number of fused-ring (bicyclic) bond motifs is 4. The molecule has 16 heteroatoms. The van der Waals surface area contributed by atoms with Crippen molar-refractivity contribution in [1.82, 2.24) is 9.80 Å². The van der Waals surface area contributed by atoms with Gasteiger partial charge in [-0.25, -0.2) is 4.79 Å². The van der Waals surface area contributed by atoms with Crippen molar-refractivity contribution in [2.45, 2.75) is 34.9 Å². The summed E-state index contributed by atoms with van der Waals surface area (Å²) in [6.45, 7) is 0. The van der Waals surface area contributed by atoms with Crippen LogP contribution in [-0.2, 0) is 23.9 Å². The van der Waals surface area contributed by atoms with Gasteiger partial charge in [-0.2, -0.15) is 4.90 Å². The Bertz CT molecular complexity index is 1410. The van der Waals surface area contributed by atoms with Crippen molar-refractivity contribution in [3.8, 4) is 11.5 Å². The zero-order chi connectivity index (χ0) is 29.5. The third-order valence-corrected chi connectivity index (χ3v) is 9.83. The van der Waals surface area contributed by atoms with Gasteiger partial charge in [0.1, 0.15) is 11.5 Å². The van der Waals surface area contributed by atoms with Crippen LogP contribution < -0.4 is 4.74 Å². The van der Waals surface area contributed by atoms with E-state index < -0.39 is 87.4 Å². The van der Waals surface area contributed by atoms with Crippen LogP contribution in [0.1, 0.15) is 24.3 Å². The van der Waals surface area contributed by atoms with Crippen molar-refractivity contribution in [2.75, 3.05) is 12.6 Å². The number of nitrogens with zero attached hydrogens (tertiary/aromatic N) is 2. The van der Waals surface area contributed by atoms with Crippen molar-refractivity contribution < 1.29 is 51.7 Å². The summed E-state index contributed by atoms with van der Waals surface area (Å²) in [5.74, 6) is -9.92. The van der Waals surface area contributed by atoms with Gasteiger partial charge in [-0.05, 0) is 37.0 Å². The third kappa shape index (κ3) is 3.78. The number of imide groups is 4. The predicted octanol–water partition coefficient (Wildman–Crippen LogP) is 3.77. The van der Waals surface area contributed by atoms with Crippen LogP contribution in [-0.4, -0.2) is 73.3 Å². The Morgan fingerprint density at radius 3 is 2.42 bits per heavy atom. The molecule has 214 valence electrons. The molecular weight excluding hydrogens is 652 g/mol. The molecule has 1 aromatic rings. The van der Waals surface area contributed by atoms with E-state index in [1.807, 2.05) is 0 Å². The zero-order valence-corrected chi connectivity index (χ0v) is 23.3. The first-order valence-electron chi connectivity index (χ1n) is 11.7. The van der Waals surface area contributed by atoms with Crippen molar-refractivity contribution in [1.29, 1.82) is 0 Å². The second-order valence-electron chi connectivity index (χ2n) is 9.74. The quantitative estimate of drug-likeness (QED) is 0.223. The van der Waals surface area contributed by atoms with Gasteiger partial charge in [0.15, 0.2) is 9.75 Å². The van der Waals surface area contributed by atoms with Gasteiger partial charge in [0.25, 0.3) is 11.8 Å². The first-order chi connectivity index (χ1) is 18.6. The maximum atomic E-state index is 13.7. The molecule has 5 amide bonds. The van der Waals surface area contributed by atoms with E-state index in [1.165, 1.54) is 6.08 Å². The lowest BCUT2D eigenvalue weighted by Gasteiger charge is -2.50. The number of amides is 5. The summed E-state index contributed by atoms with van der Waals surface area (Å²) in [5, 5.41) is 10.8. The lowest BCUT2D eigenvalue weighted by Crippen LogP contribution is -2.60. The first-order valence-corrected chi connectivity index (χ1v) is 13.5. The van der Waals surface area contributed by atoms with Gasteiger partial charge >= 0.3 is 12.5 Å². The van der Waals surface area contributed by atoms with Crippen LogP contribution in [0, 0.1) is 17.8 Å². The number of phenolic OH excluding ortho intramolecular Hbond substituents is 1. The number of hydrogen-bond donors (Lipinski definition) is 1. The van der Waals surface area contributed by atoms with Crippen molar-refractivity contribution in [3.05, 3.63) is 35.4 Å². The number of ether oxygens (including phenoxy) is 2. The highest BCUT2D eigenvalue weighted by molar-refractivity contribution is 9.09. The van der Waals surface area contributed by atoms with Gasteiger partial charge in [-0.15, -0.1) is 36.4 Å². The van der Waals surface area contributed by atoms with E-state index in [2.05, 4.69) is 25.4 Å². The molecule has 5 rings (SSSR count). The van der Waals surface area contributed by atoms with Gasteiger partial charge in [-0.1, -0.05) is 27.6 Å². The summed E-state index contributed by atoms with van der Waals surface area (Å²) in [5.41, 5.74) is -0.458. The van der Waals surface area contributed by atoms with Crippen molar-refractivity contribution in [2.24, 2.45) is 17.8 Å². The van der Waals surface area contributed by atoms with Crippen LogP contribution >= 0.6 is 39.1 Å². The molecular formula is C24H18BrCl2F3N2O8. The lowest BCUT2D eigenvalue weighted by atomic mass is 9.56. The molecule has 0 unspecified atom stereocenters. The topological polar surface area (TPSA) is 131 Å². The molecule has 2 aliphatic carbocycles. The number of likely N-dealkylation sites (tertiary alicyclic amines) is 2. The van der Waals surface area contributed by atoms with E-state index in [-0.39, 0.29) is 23.0 Å². The minimum absolute atomic E-state index is 0.114. The van der Waals surface area contributed by atoms with Gasteiger partial charge in [0.2, 0.25) is 11.8 Å². The number of alkyl halides is 6. The summed E-state index contributed by atoms with van der Waals surface area (Å²) in [6.07, 6.45) is -5.37. The highest BCUT2D eigenvalue weighted by atomic mass is 79.9. The molecule has 1 N–H and O–H groups in total. The molecule has 0 radical (unpaired) electrons. The standard InChI is InChI=1S/C24H18BrCl2F3N2O8/c1-39-21(38)32-17(34)11-4-3-10-13(15(11)18(32)35)7-22(26)19(36)31(8-25)20(37)23(22,27)16(10)12-6-9(2-5-14(12)33)40-24(28,29)30/h2-3,5-6,11,13,15-16,33H,4,7-8H2,1H3/t11-,13+,15-,16+,22+,23-/m0/s1. The molecule has 0 aromatic heterocycles. The summed E-state index contributed by atoms with van der Waals surface area (Å²) in [7, 11) is 0.983. The molecule has 1 aromatic carbocycles. The maximum absolute atomic E-state index is 13.7. The van der Waals surface area contributed by atoms with Crippen LogP contribution in [0.25, 0.3) is 0 Å². The number of hydrogen-bond acceptors (Lipinski definition) is 8. The van der Waals surface area contributed by atoms with Crippen molar-refractivity contribution >= 4 is 68.9 Å². The Morgan fingerprint density at radius 1 is 1.15 bits per heavy atom. The highest BCUT2D eigenvalue weighted by Gasteiger charge is 2.76. The number of benzene rings is 1. The Labute approximate surface area is 242 Å². The number of allylic oxidation sites excluding steroid dienone is 2. The van der Waals surface area contributed by atoms with E-state index in [0.717, 1.165) is 30.2 Å². The SMILES string of the molecule is COC(=O)N1C(=O)[C@H]2[C@H](CC=C3[C@H]2C[C@@]2(Cl)C(=O)N(CBr)C(=O)[C@@]2(Cl)[C@H]3c2cc(OC(F)(F)F)ccc2O)C1=O. The molecule has 2 saturated heterocycles. The fraction of sp³-hybridized carbons (Fsp3) is 0.458. The second kappa shape index (κ2) is 9.35. The molecule has 3 fully saturated rings. The molecule has 1 saturated carbocycles. The normalized spacial score (nSPS) is 33.4. The van der Waals surface area contributed by atoms with Gasteiger partial charge in [0, 0.05) is 11.5 Å². The first kappa shape index (κ1) is 28.7. The van der Waals surface area contributed by atoms with Crippen LogP contribution in [0.15, 0.2) is 29.8 Å². The van der Waals surface area contributed by atoms with Gasteiger partial charge in [-0.3, -0.25) is 24.1 Å². The number of phenols is 1. The smallest absolute Gasteiger partial charge is 0.508 e. The predicted molar refractivity (Wildman–Crippen MR) is 132 cm³/mol. The average molecular weight is 670 g/mol. The molecule has 40 heavy (non-hydrogen) atoms. The Morgan fingerprint density at radius 2 is 1.82 bits per heavy atom. The molecule has 10 nitrogen and oxygen atoms in total. The Kier molecular flexibility index (Phi) is 6.70. The van der Waals surface area contributed by atoms with Crippen LogP contribution in [0.4, 0.5) is 18.0 Å². The number of carbonyl (C=O) groups is 5. The van der Waals surface area contributed by atoms with Crippen LogP contribution in [0.3, 0.4) is 0 Å². The zero-order valence-electron chi connectivity index (χ0n) is 20.2. The number of carbonyl (C=O) groups excluding carboxylic acids is 5. The largest absolute Gasteiger partial charge is 0.573 e. The molecule has 2 aliphatic heterocycles. The van der Waals surface area contributed by atoms with Crippen LogP contribution in [0.2, 0.25) is 0 Å². The minimum atomic E-state index is -5.10. The van der Waals surface area contributed by atoms with E-state index in [0.29, 0.717) is 4.90 Å². The van der Waals surface area contributed by atoms with Crippen LogP contribution in [0.5, 0.6) is 11.5 Å². The lowest BCUT2D eigenvalue weighted by molar-refractivity contribution is -0.274. The fourth-order valence-electron chi connectivity index (χ4n) is 6.33. The monoisotopic (exact) mass is 668 g/mol. The molecule has 0 spiro atoms. The summed E-state index contributed by atoms with van der Waals surface area (Å²) < 4.78 is 47.7.